The first-order valence-electron chi connectivity index (χ1n) is 8.24. The van der Waals surface area contributed by atoms with Crippen molar-refractivity contribution in [3.05, 3.63) is 29.8 Å². The molecule has 0 amide bonds. The fraction of sp³-hybridized carbons (Fsp3) is 0.667. The Kier molecular flexibility index (Phi) is 6.40. The molecule has 122 valence electrons. The summed E-state index contributed by atoms with van der Waals surface area (Å²) in [4.78, 5) is 0. The van der Waals surface area contributed by atoms with Crippen molar-refractivity contribution >= 4 is 8.03 Å². The van der Waals surface area contributed by atoms with E-state index in [0.717, 1.165) is 17.7 Å². The van der Waals surface area contributed by atoms with Crippen molar-refractivity contribution in [2.24, 2.45) is 17.8 Å². The molecule has 0 bridgehead atoms. The van der Waals surface area contributed by atoms with Gasteiger partial charge in [-0.3, -0.25) is 0 Å². The van der Waals surface area contributed by atoms with Crippen LogP contribution in [0.4, 0.5) is 0 Å². The third kappa shape index (κ3) is 4.54. The Labute approximate surface area is 135 Å². The molecule has 1 saturated carbocycles. The molecule has 0 aliphatic heterocycles. The van der Waals surface area contributed by atoms with E-state index in [2.05, 4.69) is 20.8 Å². The van der Waals surface area contributed by atoms with E-state index < -0.39 is 8.03 Å². The van der Waals surface area contributed by atoms with Gasteiger partial charge in [-0.25, -0.2) is 0 Å². The highest BCUT2D eigenvalue weighted by Gasteiger charge is 2.37. The Bertz CT molecular complexity index is 501. The Balaban J connectivity index is 2.00. The van der Waals surface area contributed by atoms with Crippen molar-refractivity contribution in [2.45, 2.75) is 52.3 Å². The van der Waals surface area contributed by atoms with Gasteiger partial charge in [0.25, 0.3) is 0 Å². The summed E-state index contributed by atoms with van der Waals surface area (Å²) < 4.78 is 23.8. The summed E-state index contributed by atoms with van der Waals surface area (Å²) in [6.45, 7) is 6.74. The second kappa shape index (κ2) is 8.08. The van der Waals surface area contributed by atoms with Crippen LogP contribution in [-0.4, -0.2) is 13.2 Å². The molecular formula is C18H28O3P+. The molecule has 0 saturated heterocycles. The predicted octanol–water partition coefficient (Wildman–Crippen LogP) is 5.42. The van der Waals surface area contributed by atoms with Crippen molar-refractivity contribution in [1.82, 2.24) is 0 Å². The van der Waals surface area contributed by atoms with Gasteiger partial charge in [0.1, 0.15) is 11.9 Å². The monoisotopic (exact) mass is 323 g/mol. The molecule has 3 nitrogen and oxygen atoms in total. The van der Waals surface area contributed by atoms with Gasteiger partial charge in [-0.2, -0.15) is 0 Å². The summed E-state index contributed by atoms with van der Waals surface area (Å²) in [6.07, 6.45) is 4.01. The van der Waals surface area contributed by atoms with Crippen molar-refractivity contribution in [2.75, 3.05) is 7.11 Å². The molecule has 0 aromatic heterocycles. The number of ether oxygens (including phenoxy) is 1. The van der Waals surface area contributed by atoms with E-state index in [1.807, 2.05) is 24.3 Å². The summed E-state index contributed by atoms with van der Waals surface area (Å²) in [5, 5.41) is 0. The Morgan fingerprint density at radius 2 is 2.00 bits per heavy atom. The van der Waals surface area contributed by atoms with E-state index in [0.29, 0.717) is 23.9 Å². The van der Waals surface area contributed by atoms with Gasteiger partial charge < -0.3 is 4.74 Å². The third-order valence-electron chi connectivity index (χ3n) is 4.71. The molecule has 0 heterocycles. The van der Waals surface area contributed by atoms with E-state index in [1.54, 1.807) is 7.11 Å². The predicted molar refractivity (Wildman–Crippen MR) is 90.5 cm³/mol. The SMILES string of the molecule is COc1ccccc1C[P+](=O)OC1C[C@@H](C)CCC1C(C)C. The van der Waals surface area contributed by atoms with Crippen LogP contribution in [0.15, 0.2) is 24.3 Å². The van der Waals surface area contributed by atoms with Gasteiger partial charge in [-0.15, -0.1) is 4.52 Å². The van der Waals surface area contributed by atoms with Crippen LogP contribution in [0.2, 0.25) is 0 Å². The lowest BCUT2D eigenvalue weighted by Gasteiger charge is -2.33. The van der Waals surface area contributed by atoms with Crippen LogP contribution in [-0.2, 0) is 15.3 Å². The van der Waals surface area contributed by atoms with Crippen molar-refractivity contribution in [3.63, 3.8) is 0 Å². The van der Waals surface area contributed by atoms with Gasteiger partial charge in [0, 0.05) is 5.56 Å². The first-order chi connectivity index (χ1) is 10.5. The molecule has 2 rings (SSSR count). The second-order valence-corrected chi connectivity index (χ2v) is 7.97. The standard InChI is InChI=1S/C18H28O3P/c1-13(2)16-10-9-14(3)11-18(16)21-22(19)12-15-7-5-6-8-17(15)20-4/h5-8,13-14,16,18H,9-12H2,1-4H3/q+1/t14-,16?,18?/m0/s1. The van der Waals surface area contributed by atoms with E-state index in [-0.39, 0.29) is 6.10 Å². The van der Waals surface area contributed by atoms with Crippen LogP contribution in [0.25, 0.3) is 0 Å². The van der Waals surface area contributed by atoms with Crippen LogP contribution < -0.4 is 4.74 Å². The van der Waals surface area contributed by atoms with E-state index in [1.165, 1.54) is 12.8 Å². The summed E-state index contributed by atoms with van der Waals surface area (Å²) in [5.41, 5.74) is 0.955. The number of hydrogen-bond acceptors (Lipinski definition) is 3. The normalized spacial score (nSPS) is 26.0. The van der Waals surface area contributed by atoms with E-state index in [4.69, 9.17) is 9.26 Å². The average Bonchev–Trinajstić information content (AvgIpc) is 2.47. The largest absolute Gasteiger partial charge is 0.513 e. The quantitative estimate of drug-likeness (QED) is 0.656. The molecule has 1 aromatic rings. The highest BCUT2D eigenvalue weighted by Crippen LogP contribution is 2.42. The number of rotatable bonds is 6. The zero-order chi connectivity index (χ0) is 16.1. The average molecular weight is 323 g/mol. The smallest absolute Gasteiger partial charge is 0.496 e. The van der Waals surface area contributed by atoms with Gasteiger partial charge in [0.15, 0.2) is 0 Å². The maximum Gasteiger partial charge on any atom is 0.513 e. The summed E-state index contributed by atoms with van der Waals surface area (Å²) in [7, 11) is -0.0589. The fourth-order valence-corrected chi connectivity index (χ4v) is 4.56. The molecule has 22 heavy (non-hydrogen) atoms. The maximum absolute atomic E-state index is 12.5. The minimum absolute atomic E-state index is 0.127. The number of para-hydroxylation sites is 1. The molecule has 0 radical (unpaired) electrons. The Hall–Kier alpha value is -0.920. The molecule has 1 fully saturated rings. The minimum atomic E-state index is -1.70. The molecule has 1 aliphatic rings. The first-order valence-corrected chi connectivity index (χ1v) is 9.60. The molecule has 4 heteroatoms. The van der Waals surface area contributed by atoms with Crippen LogP contribution in [0.5, 0.6) is 5.75 Å². The number of benzene rings is 1. The summed E-state index contributed by atoms with van der Waals surface area (Å²) in [6, 6.07) is 7.73. The lowest BCUT2D eigenvalue weighted by Crippen LogP contribution is -2.32. The highest BCUT2D eigenvalue weighted by atomic mass is 31.1. The molecular weight excluding hydrogens is 295 g/mol. The lowest BCUT2D eigenvalue weighted by molar-refractivity contribution is 0.0522. The van der Waals surface area contributed by atoms with Gasteiger partial charge in [0.05, 0.1) is 7.11 Å². The van der Waals surface area contributed by atoms with Gasteiger partial charge in [-0.1, -0.05) is 45.4 Å². The minimum Gasteiger partial charge on any atom is -0.496 e. The number of methoxy groups -OCH3 is 1. The zero-order valence-electron chi connectivity index (χ0n) is 14.1. The van der Waals surface area contributed by atoms with Crippen molar-refractivity contribution in [1.29, 1.82) is 0 Å². The van der Waals surface area contributed by atoms with Crippen LogP contribution in [0.1, 0.15) is 45.6 Å². The highest BCUT2D eigenvalue weighted by molar-refractivity contribution is 7.38. The third-order valence-corrected chi connectivity index (χ3v) is 5.81. The van der Waals surface area contributed by atoms with E-state index in [9.17, 15) is 4.57 Å². The summed E-state index contributed by atoms with van der Waals surface area (Å²) in [5.74, 6) is 2.54. The number of hydrogen-bond donors (Lipinski definition) is 0. The van der Waals surface area contributed by atoms with Crippen molar-refractivity contribution in [3.8, 4) is 5.75 Å². The molecule has 3 unspecified atom stereocenters. The first kappa shape index (κ1) is 17.4. The van der Waals surface area contributed by atoms with Crippen LogP contribution >= 0.6 is 8.03 Å². The van der Waals surface area contributed by atoms with Gasteiger partial charge in [-0.05, 0) is 41.2 Å². The maximum atomic E-state index is 12.5. The molecule has 0 N–H and O–H groups in total. The van der Waals surface area contributed by atoms with Crippen LogP contribution in [0.3, 0.4) is 0 Å². The fourth-order valence-electron chi connectivity index (χ4n) is 3.40. The van der Waals surface area contributed by atoms with Crippen LogP contribution in [0, 0.1) is 17.8 Å². The van der Waals surface area contributed by atoms with Gasteiger partial charge in [0.2, 0.25) is 6.16 Å². The Morgan fingerprint density at radius 3 is 2.68 bits per heavy atom. The summed E-state index contributed by atoms with van der Waals surface area (Å²) >= 11 is 0. The molecule has 4 atom stereocenters. The zero-order valence-corrected chi connectivity index (χ0v) is 15.0. The molecule has 0 spiro atoms. The molecule has 1 aromatic carbocycles. The lowest BCUT2D eigenvalue weighted by atomic mass is 9.75. The van der Waals surface area contributed by atoms with E-state index >= 15 is 0 Å². The Morgan fingerprint density at radius 1 is 1.27 bits per heavy atom. The molecule has 1 aliphatic carbocycles. The van der Waals surface area contributed by atoms with Crippen molar-refractivity contribution < 1.29 is 13.8 Å². The van der Waals surface area contributed by atoms with Gasteiger partial charge >= 0.3 is 8.03 Å². The topological polar surface area (TPSA) is 35.5 Å². The second-order valence-electron chi connectivity index (χ2n) is 6.77.